The molecule has 0 atom stereocenters. The number of hydrogen-bond acceptors (Lipinski definition) is 4. The van der Waals surface area contributed by atoms with Crippen molar-refractivity contribution >= 4 is 24.3 Å². The van der Waals surface area contributed by atoms with Crippen molar-refractivity contribution in [2.24, 2.45) is 0 Å². The van der Waals surface area contributed by atoms with E-state index in [4.69, 9.17) is 4.74 Å². The molecule has 0 aliphatic rings. The number of rotatable bonds is 5. The minimum absolute atomic E-state index is 0.181. The molecule has 0 saturated heterocycles. The molecule has 0 amide bonds. The van der Waals surface area contributed by atoms with Gasteiger partial charge in [-0.3, -0.25) is 0 Å². The number of benzene rings is 2. The Labute approximate surface area is 121 Å². The zero-order chi connectivity index (χ0) is 14.5. The first-order chi connectivity index (χ1) is 9.61. The third kappa shape index (κ3) is 3.53. The highest BCUT2D eigenvalue weighted by Gasteiger charge is 2.20. The molecule has 2 rings (SSSR count). The second-order valence-electron chi connectivity index (χ2n) is 4.18. The van der Waals surface area contributed by atoms with E-state index in [2.05, 4.69) is 0 Å². The second-order valence-corrected chi connectivity index (χ2v) is 5.02. The molecule has 3 nitrogen and oxygen atoms in total. The van der Waals surface area contributed by atoms with E-state index >= 15 is 0 Å². The Morgan fingerprint density at radius 3 is 2.50 bits per heavy atom. The predicted octanol–water partition coefficient (Wildman–Crippen LogP) is 1.81. The van der Waals surface area contributed by atoms with Gasteiger partial charge in [-0.05, 0) is 24.0 Å². The fraction of sp³-hybridized carbons (Fsp3) is 0.143. The SMILES string of the molecule is CSc1cc(OCc2ccccc2)cc(B(O)O)c1F. The van der Waals surface area contributed by atoms with Crippen molar-refractivity contribution in [3.63, 3.8) is 0 Å². The summed E-state index contributed by atoms with van der Waals surface area (Å²) in [4.78, 5) is 0.318. The van der Waals surface area contributed by atoms with Crippen LogP contribution in [-0.4, -0.2) is 23.4 Å². The molecule has 0 heterocycles. The Hall–Kier alpha value is -1.50. The van der Waals surface area contributed by atoms with Gasteiger partial charge >= 0.3 is 7.12 Å². The molecule has 0 saturated carbocycles. The molecule has 6 heteroatoms. The highest BCUT2D eigenvalue weighted by Crippen LogP contribution is 2.24. The van der Waals surface area contributed by atoms with Crippen LogP contribution >= 0.6 is 11.8 Å². The van der Waals surface area contributed by atoms with Crippen LogP contribution in [0.1, 0.15) is 5.56 Å². The summed E-state index contributed by atoms with van der Waals surface area (Å²) >= 11 is 1.19. The van der Waals surface area contributed by atoms with E-state index in [1.807, 2.05) is 30.3 Å². The topological polar surface area (TPSA) is 49.7 Å². The van der Waals surface area contributed by atoms with E-state index in [0.29, 0.717) is 17.3 Å². The minimum atomic E-state index is -1.86. The first-order valence-corrected chi connectivity index (χ1v) is 7.24. The van der Waals surface area contributed by atoms with Crippen molar-refractivity contribution < 1.29 is 19.2 Å². The van der Waals surface area contributed by atoms with Gasteiger partial charge in [-0.2, -0.15) is 0 Å². The van der Waals surface area contributed by atoms with Crippen LogP contribution in [0, 0.1) is 5.82 Å². The molecule has 2 N–H and O–H groups in total. The molecule has 0 spiro atoms. The van der Waals surface area contributed by atoms with E-state index in [1.54, 1.807) is 12.3 Å². The molecule has 2 aromatic carbocycles. The molecule has 0 radical (unpaired) electrons. The monoisotopic (exact) mass is 292 g/mol. The third-order valence-electron chi connectivity index (χ3n) is 2.79. The lowest BCUT2D eigenvalue weighted by Gasteiger charge is -2.11. The maximum absolute atomic E-state index is 13.9. The van der Waals surface area contributed by atoms with Crippen LogP contribution in [-0.2, 0) is 6.61 Å². The Bertz CT molecular complexity index is 578. The Morgan fingerprint density at radius 2 is 1.90 bits per heavy atom. The molecule has 0 aliphatic carbocycles. The van der Waals surface area contributed by atoms with Gasteiger partial charge in [0, 0.05) is 10.4 Å². The molecule has 104 valence electrons. The highest BCUT2D eigenvalue weighted by molar-refractivity contribution is 7.98. The average Bonchev–Trinajstić information content (AvgIpc) is 2.47. The summed E-state index contributed by atoms with van der Waals surface area (Å²) in [6, 6.07) is 12.4. The zero-order valence-electron chi connectivity index (χ0n) is 10.9. The van der Waals surface area contributed by atoms with Crippen molar-refractivity contribution in [3.8, 4) is 5.75 Å². The quantitative estimate of drug-likeness (QED) is 0.652. The van der Waals surface area contributed by atoms with Crippen molar-refractivity contribution in [1.29, 1.82) is 0 Å². The van der Waals surface area contributed by atoms with Gasteiger partial charge < -0.3 is 14.8 Å². The van der Waals surface area contributed by atoms with Gasteiger partial charge in [0.05, 0.1) is 0 Å². The normalized spacial score (nSPS) is 10.4. The summed E-state index contributed by atoms with van der Waals surface area (Å²) in [5.41, 5.74) is 0.800. The van der Waals surface area contributed by atoms with Gasteiger partial charge in [0.25, 0.3) is 0 Å². The van der Waals surface area contributed by atoms with Gasteiger partial charge in [-0.1, -0.05) is 30.3 Å². The van der Waals surface area contributed by atoms with Crippen molar-refractivity contribution in [3.05, 3.63) is 53.8 Å². The van der Waals surface area contributed by atoms with Crippen LogP contribution in [0.5, 0.6) is 5.75 Å². The first-order valence-electron chi connectivity index (χ1n) is 6.02. The summed E-state index contributed by atoms with van der Waals surface area (Å²) in [6.07, 6.45) is 1.72. The lowest BCUT2D eigenvalue weighted by atomic mass is 9.80. The van der Waals surface area contributed by atoms with Crippen LogP contribution in [0.15, 0.2) is 47.4 Å². The summed E-state index contributed by atoms with van der Waals surface area (Å²) < 4.78 is 19.4. The van der Waals surface area contributed by atoms with E-state index in [-0.39, 0.29) is 5.46 Å². The standard InChI is InChI=1S/C14H14BFO3S/c1-20-13-8-11(7-12(14(13)16)15(17)18)19-9-10-5-3-2-4-6-10/h2-8,17-18H,9H2,1H3. The number of ether oxygens (including phenoxy) is 1. The molecular formula is C14H14BFO3S. The Morgan fingerprint density at radius 1 is 1.20 bits per heavy atom. The molecule has 20 heavy (non-hydrogen) atoms. The van der Waals surface area contributed by atoms with E-state index in [0.717, 1.165) is 5.56 Å². The zero-order valence-corrected chi connectivity index (χ0v) is 11.7. The lowest BCUT2D eigenvalue weighted by molar-refractivity contribution is 0.305. The number of hydrogen-bond donors (Lipinski definition) is 2. The molecule has 0 unspecified atom stereocenters. The molecule has 0 bridgehead atoms. The second kappa shape index (κ2) is 6.79. The van der Waals surface area contributed by atoms with Crippen LogP contribution in [0.3, 0.4) is 0 Å². The number of thioether (sulfide) groups is 1. The van der Waals surface area contributed by atoms with E-state index < -0.39 is 12.9 Å². The summed E-state index contributed by atoms with van der Waals surface area (Å²) in [5.74, 6) is -0.220. The van der Waals surface area contributed by atoms with Crippen LogP contribution in [0.25, 0.3) is 0 Å². The summed E-state index contributed by atoms with van der Waals surface area (Å²) in [6.45, 7) is 0.335. The van der Waals surface area contributed by atoms with Gasteiger partial charge in [0.15, 0.2) is 0 Å². The molecule has 0 fully saturated rings. The van der Waals surface area contributed by atoms with Gasteiger partial charge in [0.1, 0.15) is 18.2 Å². The average molecular weight is 292 g/mol. The van der Waals surface area contributed by atoms with Crippen LogP contribution in [0.4, 0.5) is 4.39 Å². The van der Waals surface area contributed by atoms with Gasteiger partial charge in [-0.25, -0.2) is 4.39 Å². The largest absolute Gasteiger partial charge is 0.491 e. The fourth-order valence-corrected chi connectivity index (χ4v) is 2.28. The first kappa shape index (κ1) is 14.9. The van der Waals surface area contributed by atoms with Gasteiger partial charge in [0.2, 0.25) is 0 Å². The third-order valence-corrected chi connectivity index (χ3v) is 3.52. The lowest BCUT2D eigenvalue weighted by Crippen LogP contribution is -2.33. The predicted molar refractivity (Wildman–Crippen MR) is 78.8 cm³/mol. The van der Waals surface area contributed by atoms with Crippen LogP contribution in [0.2, 0.25) is 0 Å². The molecule has 2 aromatic rings. The Balaban J connectivity index is 2.21. The molecule has 0 aromatic heterocycles. The van der Waals surface area contributed by atoms with Crippen molar-refractivity contribution in [1.82, 2.24) is 0 Å². The van der Waals surface area contributed by atoms with Gasteiger partial charge in [-0.15, -0.1) is 11.8 Å². The highest BCUT2D eigenvalue weighted by atomic mass is 32.2. The van der Waals surface area contributed by atoms with E-state index in [9.17, 15) is 14.4 Å². The van der Waals surface area contributed by atoms with Crippen molar-refractivity contribution in [2.75, 3.05) is 6.26 Å². The summed E-state index contributed by atoms with van der Waals surface area (Å²) in [7, 11) is -1.86. The maximum atomic E-state index is 13.9. The Kier molecular flexibility index (Phi) is 5.06. The van der Waals surface area contributed by atoms with E-state index in [1.165, 1.54) is 17.8 Å². The van der Waals surface area contributed by atoms with Crippen LogP contribution < -0.4 is 10.2 Å². The molecular weight excluding hydrogens is 278 g/mol. The minimum Gasteiger partial charge on any atom is -0.489 e. The maximum Gasteiger partial charge on any atom is 0.491 e. The fourth-order valence-electron chi connectivity index (χ4n) is 1.75. The number of halogens is 1. The smallest absolute Gasteiger partial charge is 0.489 e. The molecule has 0 aliphatic heterocycles. The summed E-state index contributed by atoms with van der Waals surface area (Å²) in [5, 5.41) is 18.4. The van der Waals surface area contributed by atoms with Crippen molar-refractivity contribution in [2.45, 2.75) is 11.5 Å².